The van der Waals surface area contributed by atoms with E-state index >= 15 is 0 Å². The van der Waals surface area contributed by atoms with E-state index in [-0.39, 0.29) is 6.04 Å². The molecule has 0 unspecified atom stereocenters. The van der Waals surface area contributed by atoms with Crippen LogP contribution in [0.3, 0.4) is 0 Å². The van der Waals surface area contributed by atoms with Gasteiger partial charge in [0.05, 0.1) is 23.4 Å². The normalized spacial score (nSPS) is 12.4. The summed E-state index contributed by atoms with van der Waals surface area (Å²) in [6, 6.07) is 18.0. The van der Waals surface area contributed by atoms with Gasteiger partial charge in [-0.3, -0.25) is 4.90 Å². The predicted octanol–water partition coefficient (Wildman–Crippen LogP) is 5.33. The molecule has 9 heteroatoms. The molecule has 0 radical (unpaired) electrons. The number of hydrogen-bond donors (Lipinski definition) is 0. The molecular weight excluding hydrogens is 444 g/mol. The first-order valence-corrected chi connectivity index (χ1v) is 11.8. The van der Waals surface area contributed by atoms with Crippen molar-refractivity contribution in [1.29, 1.82) is 0 Å². The van der Waals surface area contributed by atoms with E-state index in [9.17, 15) is 0 Å². The molecule has 0 bridgehead atoms. The summed E-state index contributed by atoms with van der Waals surface area (Å²) in [5.41, 5.74) is 1.95. The number of halogens is 1. The van der Waals surface area contributed by atoms with E-state index in [4.69, 9.17) is 16.1 Å². The van der Waals surface area contributed by atoms with Crippen molar-refractivity contribution < 1.29 is 4.52 Å². The summed E-state index contributed by atoms with van der Waals surface area (Å²) in [4.78, 5) is 6.68. The lowest BCUT2D eigenvalue weighted by Gasteiger charge is -2.23. The van der Waals surface area contributed by atoms with Gasteiger partial charge in [-0.25, -0.2) is 0 Å². The minimum atomic E-state index is 0.177. The first-order valence-electron chi connectivity index (χ1n) is 10.4. The van der Waals surface area contributed by atoms with Crippen LogP contribution >= 0.6 is 23.4 Å². The summed E-state index contributed by atoms with van der Waals surface area (Å²) >= 11 is 7.79. The Morgan fingerprint density at radius 1 is 1.06 bits per heavy atom. The second kappa shape index (κ2) is 10.3. The Labute approximate surface area is 196 Å². The zero-order valence-corrected chi connectivity index (χ0v) is 19.8. The fourth-order valence-corrected chi connectivity index (χ4v) is 4.54. The third kappa shape index (κ3) is 5.03. The lowest BCUT2D eigenvalue weighted by atomic mass is 10.2. The molecule has 32 heavy (non-hydrogen) atoms. The summed E-state index contributed by atoms with van der Waals surface area (Å²) in [6.45, 7) is 2.86. The first-order chi connectivity index (χ1) is 15.6. The van der Waals surface area contributed by atoms with Crippen molar-refractivity contribution in [2.45, 2.75) is 36.8 Å². The van der Waals surface area contributed by atoms with Gasteiger partial charge in [0.2, 0.25) is 11.7 Å². The van der Waals surface area contributed by atoms with Crippen LogP contribution in [0.2, 0.25) is 5.02 Å². The Morgan fingerprint density at radius 3 is 2.53 bits per heavy atom. The second-order valence-electron chi connectivity index (χ2n) is 7.58. The predicted molar refractivity (Wildman–Crippen MR) is 127 cm³/mol. The molecule has 4 aromatic rings. The van der Waals surface area contributed by atoms with Crippen LogP contribution in [0.25, 0.3) is 11.4 Å². The van der Waals surface area contributed by atoms with Crippen molar-refractivity contribution in [3.63, 3.8) is 0 Å². The van der Waals surface area contributed by atoms with E-state index in [0.717, 1.165) is 23.0 Å². The standard InChI is InChI=1S/C23H25ClN6OS/c1-4-19(29(2)3)22-26-27-23(30(22)14-16-10-6-5-7-11-16)32-15-20-25-21(28-31-20)17-12-8-9-13-18(17)24/h5-13,19H,4,14-15H2,1-3H3/t19-/m0/s1. The lowest BCUT2D eigenvalue weighted by molar-refractivity contribution is 0.272. The van der Waals surface area contributed by atoms with E-state index in [1.165, 1.54) is 17.3 Å². The van der Waals surface area contributed by atoms with E-state index in [1.807, 2.05) is 42.5 Å². The van der Waals surface area contributed by atoms with Gasteiger partial charge in [-0.15, -0.1) is 10.2 Å². The summed E-state index contributed by atoms with van der Waals surface area (Å²) in [7, 11) is 4.13. The molecule has 0 N–H and O–H groups in total. The maximum atomic E-state index is 6.26. The molecular formula is C23H25ClN6OS. The fourth-order valence-electron chi connectivity index (χ4n) is 3.54. The van der Waals surface area contributed by atoms with E-state index in [2.05, 4.69) is 63.0 Å². The third-order valence-corrected chi connectivity index (χ3v) is 6.43. The average Bonchev–Trinajstić information content (AvgIpc) is 3.41. The van der Waals surface area contributed by atoms with Gasteiger partial charge in [0.15, 0.2) is 11.0 Å². The highest BCUT2D eigenvalue weighted by Gasteiger charge is 2.23. The van der Waals surface area contributed by atoms with Gasteiger partial charge >= 0.3 is 0 Å². The quantitative estimate of drug-likeness (QED) is 0.307. The van der Waals surface area contributed by atoms with Crippen LogP contribution in [0.1, 0.15) is 36.7 Å². The molecule has 0 spiro atoms. The molecule has 7 nitrogen and oxygen atoms in total. The minimum Gasteiger partial charge on any atom is -0.338 e. The second-order valence-corrected chi connectivity index (χ2v) is 8.93. The van der Waals surface area contributed by atoms with Gasteiger partial charge in [-0.1, -0.05) is 77.9 Å². The Balaban J connectivity index is 1.57. The smallest absolute Gasteiger partial charge is 0.237 e. The van der Waals surface area contributed by atoms with Crippen molar-refractivity contribution in [2.24, 2.45) is 0 Å². The molecule has 0 fully saturated rings. The summed E-state index contributed by atoms with van der Waals surface area (Å²) in [6.07, 6.45) is 0.940. The highest BCUT2D eigenvalue weighted by molar-refractivity contribution is 7.98. The average molecular weight is 469 g/mol. The van der Waals surface area contributed by atoms with Crippen LogP contribution in [-0.4, -0.2) is 43.9 Å². The largest absolute Gasteiger partial charge is 0.338 e. The van der Waals surface area contributed by atoms with Crippen molar-refractivity contribution in [2.75, 3.05) is 14.1 Å². The van der Waals surface area contributed by atoms with E-state index in [1.54, 1.807) is 0 Å². The highest BCUT2D eigenvalue weighted by atomic mass is 35.5. The maximum Gasteiger partial charge on any atom is 0.237 e. The molecule has 0 saturated heterocycles. The Hall–Kier alpha value is -2.68. The Bertz CT molecular complexity index is 1160. The van der Waals surface area contributed by atoms with Crippen molar-refractivity contribution in [3.05, 3.63) is 76.9 Å². The number of aromatic nitrogens is 5. The fraction of sp³-hybridized carbons (Fsp3) is 0.304. The van der Waals surface area contributed by atoms with E-state index < -0.39 is 0 Å². The molecule has 1 atom stereocenters. The molecule has 2 heterocycles. The topological polar surface area (TPSA) is 72.9 Å². The Kier molecular flexibility index (Phi) is 7.24. The van der Waals surface area contributed by atoms with Crippen LogP contribution in [0, 0.1) is 0 Å². The molecule has 0 amide bonds. The van der Waals surface area contributed by atoms with Crippen LogP contribution in [0.5, 0.6) is 0 Å². The highest BCUT2D eigenvalue weighted by Crippen LogP contribution is 2.29. The first kappa shape index (κ1) is 22.5. The third-order valence-electron chi connectivity index (χ3n) is 5.14. The monoisotopic (exact) mass is 468 g/mol. The van der Waals surface area contributed by atoms with Gasteiger partial charge in [-0.2, -0.15) is 4.98 Å². The van der Waals surface area contributed by atoms with Crippen LogP contribution in [0.15, 0.2) is 64.3 Å². The zero-order valence-electron chi connectivity index (χ0n) is 18.3. The van der Waals surface area contributed by atoms with Gasteiger partial charge in [0, 0.05) is 5.56 Å². The van der Waals surface area contributed by atoms with Crippen molar-refractivity contribution >= 4 is 23.4 Å². The van der Waals surface area contributed by atoms with Crippen molar-refractivity contribution in [1.82, 2.24) is 29.8 Å². The SMILES string of the molecule is CC[C@@H](c1nnc(SCc2nc(-c3ccccc3Cl)no2)n1Cc1ccccc1)N(C)C. The van der Waals surface area contributed by atoms with Gasteiger partial charge in [-0.05, 0) is 38.2 Å². The minimum absolute atomic E-state index is 0.177. The number of hydrogen-bond acceptors (Lipinski definition) is 7. The molecule has 0 aliphatic rings. The van der Waals surface area contributed by atoms with Gasteiger partial charge in [0.1, 0.15) is 0 Å². The lowest BCUT2D eigenvalue weighted by Crippen LogP contribution is -2.23. The molecule has 4 rings (SSSR count). The Morgan fingerprint density at radius 2 is 1.81 bits per heavy atom. The summed E-state index contributed by atoms with van der Waals surface area (Å²) in [5.74, 6) is 2.44. The molecule has 0 aliphatic heterocycles. The molecule has 0 aliphatic carbocycles. The number of nitrogens with zero attached hydrogens (tertiary/aromatic N) is 6. The van der Waals surface area contributed by atoms with Gasteiger partial charge < -0.3 is 9.09 Å². The van der Waals surface area contributed by atoms with Crippen LogP contribution in [-0.2, 0) is 12.3 Å². The molecule has 0 saturated carbocycles. The summed E-state index contributed by atoms with van der Waals surface area (Å²) < 4.78 is 7.64. The maximum absolute atomic E-state index is 6.26. The number of rotatable bonds is 9. The number of benzene rings is 2. The van der Waals surface area contributed by atoms with E-state index in [0.29, 0.717) is 29.0 Å². The molecule has 166 valence electrons. The van der Waals surface area contributed by atoms with Gasteiger partial charge in [0.25, 0.3) is 0 Å². The number of thioether (sulfide) groups is 1. The van der Waals surface area contributed by atoms with Crippen LogP contribution < -0.4 is 0 Å². The van der Waals surface area contributed by atoms with Crippen molar-refractivity contribution in [3.8, 4) is 11.4 Å². The summed E-state index contributed by atoms with van der Waals surface area (Å²) in [5, 5.41) is 14.5. The van der Waals surface area contributed by atoms with Crippen LogP contribution in [0.4, 0.5) is 0 Å². The molecule has 2 aromatic carbocycles. The molecule has 2 aromatic heterocycles. The zero-order chi connectivity index (χ0) is 22.5.